The molecule has 1 atom stereocenters. The quantitative estimate of drug-likeness (QED) is 0.560. The Morgan fingerprint density at radius 3 is 2.45 bits per heavy atom. The molecule has 0 spiro atoms. The summed E-state index contributed by atoms with van der Waals surface area (Å²) < 4.78 is 10.6. The molecule has 0 aliphatic heterocycles. The van der Waals surface area contributed by atoms with Crippen molar-refractivity contribution >= 4 is 23.4 Å². The molecule has 0 saturated carbocycles. The summed E-state index contributed by atoms with van der Waals surface area (Å²) in [5, 5.41) is 3.47. The Morgan fingerprint density at radius 2 is 1.81 bits per heavy atom. The number of halogens is 1. The summed E-state index contributed by atoms with van der Waals surface area (Å²) in [7, 11) is 3.16. The number of methoxy groups -OCH3 is 2. The van der Waals surface area contributed by atoms with Crippen LogP contribution in [0.4, 0.5) is 0 Å². The second-order valence-corrected chi connectivity index (χ2v) is 7.74. The van der Waals surface area contributed by atoms with Crippen LogP contribution in [0.2, 0.25) is 5.02 Å². The van der Waals surface area contributed by atoms with E-state index in [-0.39, 0.29) is 18.2 Å². The molecule has 0 unspecified atom stereocenters. The normalized spacial score (nSPS) is 11.5. The minimum atomic E-state index is -0.594. The van der Waals surface area contributed by atoms with E-state index in [0.29, 0.717) is 36.0 Å². The zero-order valence-corrected chi connectivity index (χ0v) is 19.4. The van der Waals surface area contributed by atoms with Gasteiger partial charge in [0, 0.05) is 24.5 Å². The number of hydrogen-bond donors (Lipinski definition) is 1. The maximum Gasteiger partial charge on any atom is 0.242 e. The van der Waals surface area contributed by atoms with Crippen molar-refractivity contribution in [2.45, 2.75) is 45.7 Å². The minimum Gasteiger partial charge on any atom is -0.493 e. The molecule has 2 rings (SSSR count). The van der Waals surface area contributed by atoms with Crippen LogP contribution < -0.4 is 14.8 Å². The highest BCUT2D eigenvalue weighted by molar-refractivity contribution is 6.30. The van der Waals surface area contributed by atoms with E-state index in [1.165, 1.54) is 0 Å². The summed E-state index contributed by atoms with van der Waals surface area (Å²) >= 11 is 6.11. The van der Waals surface area contributed by atoms with Crippen LogP contribution in [0.25, 0.3) is 0 Å². The van der Waals surface area contributed by atoms with Gasteiger partial charge in [-0.1, -0.05) is 36.7 Å². The van der Waals surface area contributed by atoms with Crippen molar-refractivity contribution < 1.29 is 19.1 Å². The smallest absolute Gasteiger partial charge is 0.242 e. The molecule has 0 aliphatic rings. The van der Waals surface area contributed by atoms with Crippen LogP contribution in [0, 0.1) is 0 Å². The fourth-order valence-electron chi connectivity index (χ4n) is 3.24. The second kappa shape index (κ2) is 12.2. The fourth-order valence-corrected chi connectivity index (χ4v) is 3.45. The van der Waals surface area contributed by atoms with Crippen LogP contribution in [-0.2, 0) is 22.6 Å². The number of carbonyl (C=O) groups excluding carboxylic acids is 2. The lowest BCUT2D eigenvalue weighted by molar-refractivity contribution is -0.140. The number of nitrogens with one attached hydrogen (secondary N) is 1. The van der Waals surface area contributed by atoms with Crippen LogP contribution in [-0.4, -0.2) is 43.5 Å². The van der Waals surface area contributed by atoms with Crippen LogP contribution in [0.5, 0.6) is 11.5 Å². The molecule has 0 fully saturated rings. The van der Waals surface area contributed by atoms with Crippen molar-refractivity contribution in [3.05, 3.63) is 58.6 Å². The first-order valence-electron chi connectivity index (χ1n) is 10.4. The number of benzene rings is 2. The van der Waals surface area contributed by atoms with E-state index in [9.17, 15) is 9.59 Å². The molecule has 2 aromatic carbocycles. The topological polar surface area (TPSA) is 67.9 Å². The Balaban J connectivity index is 2.15. The van der Waals surface area contributed by atoms with Crippen LogP contribution in [0.1, 0.15) is 37.8 Å². The summed E-state index contributed by atoms with van der Waals surface area (Å²) in [4.78, 5) is 27.3. The monoisotopic (exact) mass is 446 g/mol. The molecular weight excluding hydrogens is 416 g/mol. The van der Waals surface area contributed by atoms with E-state index < -0.39 is 6.04 Å². The van der Waals surface area contributed by atoms with E-state index >= 15 is 0 Å². The van der Waals surface area contributed by atoms with E-state index in [4.69, 9.17) is 21.1 Å². The Hall–Kier alpha value is -2.73. The van der Waals surface area contributed by atoms with Crippen molar-refractivity contribution in [3.8, 4) is 11.5 Å². The second-order valence-electron chi connectivity index (χ2n) is 7.31. The molecule has 0 bridgehead atoms. The van der Waals surface area contributed by atoms with Gasteiger partial charge in [-0.15, -0.1) is 0 Å². The minimum absolute atomic E-state index is 0.103. The third-order valence-corrected chi connectivity index (χ3v) is 5.27. The number of hydrogen-bond acceptors (Lipinski definition) is 4. The van der Waals surface area contributed by atoms with Crippen molar-refractivity contribution in [2.24, 2.45) is 0 Å². The largest absolute Gasteiger partial charge is 0.493 e. The standard InChI is InChI=1S/C24H31ClN2O4/c1-5-13-26-24(29)17(2)27(16-19-7-6-8-20(25)14-19)23(28)12-10-18-9-11-21(30-3)22(15-18)31-4/h6-9,11,14-15,17H,5,10,12-13,16H2,1-4H3,(H,26,29)/t17-/m0/s1. The average Bonchev–Trinajstić information content (AvgIpc) is 2.78. The molecule has 0 radical (unpaired) electrons. The van der Waals surface area contributed by atoms with E-state index in [0.717, 1.165) is 17.5 Å². The third kappa shape index (κ3) is 7.17. The van der Waals surface area contributed by atoms with Gasteiger partial charge >= 0.3 is 0 Å². The number of carbonyl (C=O) groups is 2. The van der Waals surface area contributed by atoms with Crippen LogP contribution >= 0.6 is 11.6 Å². The molecule has 0 aliphatic carbocycles. The number of nitrogens with zero attached hydrogens (tertiary/aromatic N) is 1. The summed E-state index contributed by atoms with van der Waals surface area (Å²) in [6.45, 7) is 4.63. The van der Waals surface area contributed by atoms with Gasteiger partial charge in [0.2, 0.25) is 11.8 Å². The summed E-state index contributed by atoms with van der Waals surface area (Å²) in [6.07, 6.45) is 1.62. The van der Waals surface area contributed by atoms with Gasteiger partial charge in [0.25, 0.3) is 0 Å². The molecule has 0 aromatic heterocycles. The predicted molar refractivity (Wildman–Crippen MR) is 123 cm³/mol. The lowest BCUT2D eigenvalue weighted by Gasteiger charge is -2.29. The molecule has 0 saturated heterocycles. The molecule has 31 heavy (non-hydrogen) atoms. The lowest BCUT2D eigenvalue weighted by atomic mass is 10.1. The SMILES string of the molecule is CCCNC(=O)[C@H](C)N(Cc1cccc(Cl)c1)C(=O)CCc1ccc(OC)c(OC)c1. The number of amides is 2. The number of aryl methyl sites for hydroxylation is 1. The van der Waals surface area contributed by atoms with E-state index in [2.05, 4.69) is 5.32 Å². The van der Waals surface area contributed by atoms with Crippen molar-refractivity contribution in [3.63, 3.8) is 0 Å². The maximum absolute atomic E-state index is 13.2. The zero-order chi connectivity index (χ0) is 22.8. The third-order valence-electron chi connectivity index (χ3n) is 5.03. The van der Waals surface area contributed by atoms with Gasteiger partial charge in [-0.05, 0) is 55.2 Å². The fraction of sp³-hybridized carbons (Fsp3) is 0.417. The molecule has 2 amide bonds. The first-order chi connectivity index (χ1) is 14.9. The maximum atomic E-state index is 13.2. The van der Waals surface area contributed by atoms with Crippen LogP contribution in [0.15, 0.2) is 42.5 Å². The van der Waals surface area contributed by atoms with E-state index in [1.807, 2.05) is 43.3 Å². The zero-order valence-electron chi connectivity index (χ0n) is 18.6. The first kappa shape index (κ1) is 24.5. The molecule has 2 aromatic rings. The van der Waals surface area contributed by atoms with Crippen molar-refractivity contribution in [1.29, 1.82) is 0 Å². The first-order valence-corrected chi connectivity index (χ1v) is 10.8. The van der Waals surface area contributed by atoms with Gasteiger partial charge in [0.05, 0.1) is 14.2 Å². The van der Waals surface area contributed by atoms with Crippen molar-refractivity contribution in [1.82, 2.24) is 10.2 Å². The van der Waals surface area contributed by atoms with Gasteiger partial charge in [-0.25, -0.2) is 0 Å². The Labute approximate surface area is 189 Å². The van der Waals surface area contributed by atoms with Gasteiger partial charge in [-0.3, -0.25) is 9.59 Å². The highest BCUT2D eigenvalue weighted by Crippen LogP contribution is 2.28. The molecule has 168 valence electrons. The summed E-state index contributed by atoms with van der Waals surface area (Å²) in [5.41, 5.74) is 1.83. The summed E-state index contributed by atoms with van der Waals surface area (Å²) in [5.74, 6) is 0.995. The number of ether oxygens (including phenoxy) is 2. The average molecular weight is 447 g/mol. The van der Waals surface area contributed by atoms with Gasteiger partial charge in [0.1, 0.15) is 6.04 Å². The molecular formula is C24H31ClN2O4. The molecule has 7 heteroatoms. The molecule has 6 nitrogen and oxygen atoms in total. The summed E-state index contributed by atoms with van der Waals surface area (Å²) in [6, 6.07) is 12.3. The van der Waals surface area contributed by atoms with Crippen molar-refractivity contribution in [2.75, 3.05) is 20.8 Å². The Kier molecular flexibility index (Phi) is 9.66. The highest BCUT2D eigenvalue weighted by Gasteiger charge is 2.25. The van der Waals surface area contributed by atoms with Gasteiger partial charge in [-0.2, -0.15) is 0 Å². The molecule has 1 N–H and O–H groups in total. The highest BCUT2D eigenvalue weighted by atomic mass is 35.5. The van der Waals surface area contributed by atoms with Gasteiger partial charge < -0.3 is 19.7 Å². The van der Waals surface area contributed by atoms with Crippen LogP contribution in [0.3, 0.4) is 0 Å². The Bertz CT molecular complexity index is 888. The molecule has 0 heterocycles. The predicted octanol–water partition coefficient (Wildman–Crippen LogP) is 4.23. The lowest BCUT2D eigenvalue weighted by Crippen LogP contribution is -2.47. The van der Waals surface area contributed by atoms with Gasteiger partial charge in [0.15, 0.2) is 11.5 Å². The number of rotatable bonds is 11. The Morgan fingerprint density at radius 1 is 1.06 bits per heavy atom. The van der Waals surface area contributed by atoms with E-state index in [1.54, 1.807) is 32.1 Å².